The molecule has 2 heteroatoms. The summed E-state index contributed by atoms with van der Waals surface area (Å²) >= 11 is 0. The zero-order valence-electron chi connectivity index (χ0n) is 8.08. The Balaban J connectivity index is 2.12. The second-order valence-corrected chi connectivity index (χ2v) is 3.54. The molecule has 0 spiro atoms. The molecule has 0 bridgehead atoms. The van der Waals surface area contributed by atoms with Gasteiger partial charge in [0.1, 0.15) is 0 Å². The van der Waals surface area contributed by atoms with Crippen molar-refractivity contribution in [1.29, 1.82) is 0 Å². The Hall–Kier alpha value is -0.600. The summed E-state index contributed by atoms with van der Waals surface area (Å²) in [6.45, 7) is 0.384. The van der Waals surface area contributed by atoms with Crippen LogP contribution in [0.1, 0.15) is 32.1 Å². The van der Waals surface area contributed by atoms with Crippen LogP contribution in [0.5, 0.6) is 0 Å². The second-order valence-electron chi connectivity index (χ2n) is 3.54. The van der Waals surface area contributed by atoms with E-state index in [1.165, 1.54) is 18.4 Å². The number of hydrogen-bond acceptors (Lipinski definition) is 2. The summed E-state index contributed by atoms with van der Waals surface area (Å²) in [5, 5.41) is 9.22. The van der Waals surface area contributed by atoms with Gasteiger partial charge in [0.15, 0.2) is 0 Å². The topological polar surface area (TPSA) is 46.2 Å². The molecule has 1 rings (SSSR count). The fourth-order valence-corrected chi connectivity index (χ4v) is 1.51. The van der Waals surface area contributed by atoms with Crippen LogP contribution in [0.4, 0.5) is 0 Å². The first kappa shape index (κ1) is 10.5. The van der Waals surface area contributed by atoms with Gasteiger partial charge >= 0.3 is 0 Å². The van der Waals surface area contributed by atoms with Crippen molar-refractivity contribution in [3.8, 4) is 0 Å². The highest BCUT2D eigenvalue weighted by molar-refractivity contribution is 5.21. The first-order chi connectivity index (χ1) is 6.33. The highest BCUT2D eigenvalue weighted by Gasteiger charge is 2.02. The van der Waals surface area contributed by atoms with E-state index in [0.29, 0.717) is 6.54 Å². The van der Waals surface area contributed by atoms with E-state index in [0.717, 1.165) is 19.3 Å². The van der Waals surface area contributed by atoms with Crippen LogP contribution in [0.25, 0.3) is 0 Å². The van der Waals surface area contributed by atoms with E-state index in [9.17, 15) is 5.11 Å². The normalized spacial score (nSPS) is 18.5. The van der Waals surface area contributed by atoms with Crippen LogP contribution < -0.4 is 5.73 Å². The Morgan fingerprint density at radius 1 is 1.46 bits per heavy atom. The van der Waals surface area contributed by atoms with E-state index in [1.807, 2.05) is 0 Å². The molecular formula is C11H19NO. The van der Waals surface area contributed by atoms with Crippen LogP contribution in [0.15, 0.2) is 23.8 Å². The van der Waals surface area contributed by atoms with Gasteiger partial charge in [-0.15, -0.1) is 0 Å². The molecule has 0 radical (unpaired) electrons. The van der Waals surface area contributed by atoms with Crippen LogP contribution in [0.3, 0.4) is 0 Å². The highest BCUT2D eigenvalue weighted by atomic mass is 16.3. The maximum Gasteiger partial charge on any atom is 0.0662 e. The van der Waals surface area contributed by atoms with Crippen molar-refractivity contribution in [2.45, 2.75) is 38.2 Å². The summed E-state index contributed by atoms with van der Waals surface area (Å²) in [5.74, 6) is 0. The first-order valence-electron chi connectivity index (χ1n) is 5.06. The maximum absolute atomic E-state index is 9.22. The van der Waals surface area contributed by atoms with Gasteiger partial charge < -0.3 is 10.8 Å². The third kappa shape index (κ3) is 4.25. The summed E-state index contributed by atoms with van der Waals surface area (Å²) in [4.78, 5) is 0. The third-order valence-corrected chi connectivity index (χ3v) is 2.35. The lowest BCUT2D eigenvalue weighted by Crippen LogP contribution is -2.19. The maximum atomic E-state index is 9.22. The van der Waals surface area contributed by atoms with Crippen LogP contribution >= 0.6 is 0 Å². The standard InChI is InChI=1S/C11H19NO/c12-9-11(13)8-4-7-10-5-2-1-3-6-10/h2,5-6,11,13H,1,3-4,7-9,12H2/t11-/m0/s1. The van der Waals surface area contributed by atoms with Gasteiger partial charge in [-0.1, -0.05) is 23.8 Å². The quantitative estimate of drug-likeness (QED) is 0.678. The lowest BCUT2D eigenvalue weighted by Gasteiger charge is -2.09. The molecule has 0 amide bonds. The molecule has 0 aromatic carbocycles. The zero-order chi connectivity index (χ0) is 9.52. The summed E-state index contributed by atoms with van der Waals surface area (Å²) in [6.07, 6.45) is 11.7. The van der Waals surface area contributed by atoms with Crippen LogP contribution in [-0.2, 0) is 0 Å². The molecular weight excluding hydrogens is 162 g/mol. The molecule has 0 saturated carbocycles. The van der Waals surface area contributed by atoms with Gasteiger partial charge in [-0.2, -0.15) is 0 Å². The molecule has 0 aromatic rings. The number of aliphatic hydroxyl groups excluding tert-OH is 1. The molecule has 3 N–H and O–H groups in total. The first-order valence-corrected chi connectivity index (χ1v) is 5.06. The molecule has 74 valence electrons. The zero-order valence-corrected chi connectivity index (χ0v) is 8.08. The van der Waals surface area contributed by atoms with Crippen molar-refractivity contribution < 1.29 is 5.11 Å². The van der Waals surface area contributed by atoms with Gasteiger partial charge in [0.05, 0.1) is 6.10 Å². The second kappa shape index (κ2) is 5.95. The number of aliphatic hydroxyl groups is 1. The van der Waals surface area contributed by atoms with Gasteiger partial charge in [-0.3, -0.25) is 0 Å². The fourth-order valence-electron chi connectivity index (χ4n) is 1.51. The molecule has 1 atom stereocenters. The largest absolute Gasteiger partial charge is 0.392 e. The summed E-state index contributed by atoms with van der Waals surface area (Å²) < 4.78 is 0. The number of rotatable bonds is 5. The minimum Gasteiger partial charge on any atom is -0.392 e. The van der Waals surface area contributed by atoms with Crippen molar-refractivity contribution in [2.75, 3.05) is 6.54 Å². The lowest BCUT2D eigenvalue weighted by molar-refractivity contribution is 0.170. The van der Waals surface area contributed by atoms with E-state index in [4.69, 9.17) is 5.73 Å². The van der Waals surface area contributed by atoms with Crippen molar-refractivity contribution in [1.82, 2.24) is 0 Å². The molecule has 13 heavy (non-hydrogen) atoms. The summed E-state index contributed by atoms with van der Waals surface area (Å²) in [7, 11) is 0. The Morgan fingerprint density at radius 2 is 2.31 bits per heavy atom. The molecule has 1 aliphatic rings. The van der Waals surface area contributed by atoms with E-state index in [-0.39, 0.29) is 6.10 Å². The molecule has 1 aliphatic carbocycles. The van der Waals surface area contributed by atoms with Gasteiger partial charge in [-0.25, -0.2) is 0 Å². The Bertz CT molecular complexity index is 196. The van der Waals surface area contributed by atoms with Crippen molar-refractivity contribution in [3.05, 3.63) is 23.8 Å². The van der Waals surface area contributed by atoms with E-state index < -0.39 is 0 Å². The third-order valence-electron chi connectivity index (χ3n) is 2.35. The highest BCUT2D eigenvalue weighted by Crippen LogP contribution is 2.16. The molecule has 0 saturated heterocycles. The average molecular weight is 181 g/mol. The number of nitrogens with two attached hydrogens (primary N) is 1. The summed E-state index contributed by atoms with van der Waals surface area (Å²) in [6, 6.07) is 0. The molecule has 0 heterocycles. The fraction of sp³-hybridized carbons (Fsp3) is 0.636. The molecule has 0 fully saturated rings. The number of hydrogen-bond donors (Lipinski definition) is 2. The van der Waals surface area contributed by atoms with E-state index in [1.54, 1.807) is 0 Å². The van der Waals surface area contributed by atoms with Crippen molar-refractivity contribution >= 4 is 0 Å². The van der Waals surface area contributed by atoms with Crippen molar-refractivity contribution in [3.63, 3.8) is 0 Å². The lowest BCUT2D eigenvalue weighted by atomic mass is 10.0. The Morgan fingerprint density at radius 3 is 2.92 bits per heavy atom. The van der Waals surface area contributed by atoms with Gasteiger partial charge in [0.2, 0.25) is 0 Å². The predicted octanol–water partition coefficient (Wildman–Crippen LogP) is 1.75. The van der Waals surface area contributed by atoms with Crippen molar-refractivity contribution in [2.24, 2.45) is 5.73 Å². The van der Waals surface area contributed by atoms with Gasteiger partial charge in [0.25, 0.3) is 0 Å². The minimum atomic E-state index is -0.312. The monoisotopic (exact) mass is 181 g/mol. The van der Waals surface area contributed by atoms with E-state index >= 15 is 0 Å². The van der Waals surface area contributed by atoms with Crippen LogP contribution in [0, 0.1) is 0 Å². The molecule has 0 unspecified atom stereocenters. The van der Waals surface area contributed by atoms with Gasteiger partial charge in [0, 0.05) is 6.54 Å². The van der Waals surface area contributed by atoms with E-state index in [2.05, 4.69) is 18.2 Å². The summed E-state index contributed by atoms with van der Waals surface area (Å²) in [5.41, 5.74) is 6.73. The number of allylic oxidation sites excluding steroid dienone is 4. The van der Waals surface area contributed by atoms with Crippen LogP contribution in [-0.4, -0.2) is 17.8 Å². The minimum absolute atomic E-state index is 0.312. The average Bonchev–Trinajstić information content (AvgIpc) is 2.19. The molecule has 0 aliphatic heterocycles. The molecule has 0 aromatic heterocycles. The Kier molecular flexibility index (Phi) is 4.79. The Labute approximate surface area is 80.1 Å². The van der Waals surface area contributed by atoms with Crippen LogP contribution in [0.2, 0.25) is 0 Å². The predicted molar refractivity (Wildman–Crippen MR) is 55.4 cm³/mol. The van der Waals surface area contributed by atoms with Gasteiger partial charge in [-0.05, 0) is 32.1 Å². The molecule has 2 nitrogen and oxygen atoms in total. The SMILES string of the molecule is NC[C@@H](O)CCCC1=CCCC=C1. The smallest absolute Gasteiger partial charge is 0.0662 e.